The number of rotatable bonds is 7. The van der Waals surface area contributed by atoms with Crippen LogP contribution < -0.4 is 5.32 Å². The summed E-state index contributed by atoms with van der Waals surface area (Å²) in [6, 6.07) is 8.25. The number of hydrogen-bond acceptors (Lipinski definition) is 3. The topological polar surface area (TPSA) is 38.3 Å². The maximum atomic E-state index is 11.2. The number of benzene rings is 1. The molecule has 1 rings (SSSR count). The Hall–Kier alpha value is -1.61. The molecule has 0 atom stereocenters. The van der Waals surface area contributed by atoms with Crippen LogP contribution in [0, 0.1) is 0 Å². The van der Waals surface area contributed by atoms with E-state index in [1.807, 2.05) is 31.2 Å². The van der Waals surface area contributed by atoms with E-state index in [0.717, 1.165) is 18.7 Å². The van der Waals surface area contributed by atoms with Gasteiger partial charge in [0.1, 0.15) is 0 Å². The molecule has 0 aliphatic carbocycles. The highest BCUT2D eigenvalue weighted by Gasteiger charge is 1.97. The average molecular weight is 247 g/mol. The van der Waals surface area contributed by atoms with E-state index in [1.54, 1.807) is 0 Å². The Morgan fingerprint density at radius 3 is 2.94 bits per heavy atom. The predicted octanol–water partition coefficient (Wildman–Crippen LogP) is 2.76. The van der Waals surface area contributed by atoms with Gasteiger partial charge in [0, 0.05) is 6.54 Å². The zero-order valence-corrected chi connectivity index (χ0v) is 11.1. The van der Waals surface area contributed by atoms with E-state index in [1.165, 1.54) is 5.56 Å². The van der Waals surface area contributed by atoms with Gasteiger partial charge >= 0.3 is 5.97 Å². The standard InChI is InChI=1S/C15H21NO2/c1-3-16-12-14-9-5-7-13(11-14)8-6-10-15(17)18-4-2/h5-9,11,16H,3-4,10,12H2,1-2H3. The smallest absolute Gasteiger partial charge is 0.309 e. The zero-order chi connectivity index (χ0) is 13.2. The van der Waals surface area contributed by atoms with Gasteiger partial charge in [-0.1, -0.05) is 43.3 Å². The van der Waals surface area contributed by atoms with Gasteiger partial charge in [-0.25, -0.2) is 0 Å². The fourth-order valence-electron chi connectivity index (χ4n) is 1.59. The molecule has 1 aromatic rings. The van der Waals surface area contributed by atoms with Crippen molar-refractivity contribution in [3.63, 3.8) is 0 Å². The summed E-state index contributed by atoms with van der Waals surface area (Å²) in [6.07, 6.45) is 4.11. The van der Waals surface area contributed by atoms with E-state index in [4.69, 9.17) is 4.74 Å². The molecule has 98 valence electrons. The van der Waals surface area contributed by atoms with Gasteiger partial charge in [-0.15, -0.1) is 0 Å². The Morgan fingerprint density at radius 1 is 1.39 bits per heavy atom. The lowest BCUT2D eigenvalue weighted by Gasteiger charge is -2.03. The lowest BCUT2D eigenvalue weighted by Crippen LogP contribution is -2.11. The van der Waals surface area contributed by atoms with Gasteiger partial charge in [0.25, 0.3) is 0 Å². The molecule has 0 saturated carbocycles. The molecule has 0 amide bonds. The minimum absolute atomic E-state index is 0.183. The number of carbonyl (C=O) groups excluding carboxylic acids is 1. The van der Waals surface area contributed by atoms with Crippen LogP contribution in [0.15, 0.2) is 30.3 Å². The number of hydrogen-bond donors (Lipinski definition) is 1. The first-order valence-electron chi connectivity index (χ1n) is 6.38. The van der Waals surface area contributed by atoms with Gasteiger partial charge in [-0.2, -0.15) is 0 Å². The van der Waals surface area contributed by atoms with Gasteiger partial charge in [-0.05, 0) is 24.6 Å². The second kappa shape index (κ2) is 8.48. The van der Waals surface area contributed by atoms with Crippen LogP contribution in [0.2, 0.25) is 0 Å². The minimum Gasteiger partial charge on any atom is -0.466 e. The van der Waals surface area contributed by atoms with Crippen molar-refractivity contribution in [2.45, 2.75) is 26.8 Å². The first kappa shape index (κ1) is 14.5. The van der Waals surface area contributed by atoms with Crippen LogP contribution >= 0.6 is 0 Å². The Morgan fingerprint density at radius 2 is 2.22 bits per heavy atom. The summed E-state index contributed by atoms with van der Waals surface area (Å²) >= 11 is 0. The highest BCUT2D eigenvalue weighted by Crippen LogP contribution is 2.07. The summed E-state index contributed by atoms with van der Waals surface area (Å²) in [5.74, 6) is -0.183. The molecule has 0 bridgehead atoms. The molecule has 0 aromatic heterocycles. The Kier molecular flexibility index (Phi) is 6.81. The van der Waals surface area contributed by atoms with Crippen molar-refractivity contribution in [1.29, 1.82) is 0 Å². The molecule has 0 saturated heterocycles. The van der Waals surface area contributed by atoms with E-state index in [-0.39, 0.29) is 5.97 Å². The summed E-state index contributed by atoms with van der Waals surface area (Å²) in [5, 5.41) is 3.28. The van der Waals surface area contributed by atoms with E-state index < -0.39 is 0 Å². The Balaban J connectivity index is 2.50. The van der Waals surface area contributed by atoms with Crippen molar-refractivity contribution in [3.8, 4) is 0 Å². The third-order valence-corrected chi connectivity index (χ3v) is 2.43. The van der Waals surface area contributed by atoms with Gasteiger partial charge in [0.15, 0.2) is 0 Å². The van der Waals surface area contributed by atoms with Crippen molar-refractivity contribution in [2.75, 3.05) is 13.2 Å². The summed E-state index contributed by atoms with van der Waals surface area (Å²) < 4.78 is 4.86. The maximum Gasteiger partial charge on any atom is 0.309 e. The van der Waals surface area contributed by atoms with E-state index in [0.29, 0.717) is 13.0 Å². The van der Waals surface area contributed by atoms with Crippen molar-refractivity contribution >= 4 is 12.0 Å². The SMILES string of the molecule is CCNCc1cccc(C=CCC(=O)OCC)c1. The van der Waals surface area contributed by atoms with Gasteiger partial charge in [0.2, 0.25) is 0 Å². The van der Waals surface area contributed by atoms with E-state index >= 15 is 0 Å². The number of esters is 1. The normalized spacial score (nSPS) is 10.8. The quantitative estimate of drug-likeness (QED) is 0.753. The molecule has 3 nitrogen and oxygen atoms in total. The lowest BCUT2D eigenvalue weighted by molar-refractivity contribution is -0.142. The number of ether oxygens (including phenoxy) is 1. The molecule has 0 spiro atoms. The van der Waals surface area contributed by atoms with Crippen LogP contribution in [0.3, 0.4) is 0 Å². The Labute approximate surface area is 109 Å². The van der Waals surface area contributed by atoms with Crippen LogP contribution in [0.5, 0.6) is 0 Å². The lowest BCUT2D eigenvalue weighted by atomic mass is 10.1. The van der Waals surface area contributed by atoms with Crippen molar-refractivity contribution in [3.05, 3.63) is 41.5 Å². The average Bonchev–Trinajstić information content (AvgIpc) is 2.37. The van der Waals surface area contributed by atoms with E-state index in [9.17, 15) is 4.79 Å². The molecule has 0 heterocycles. The molecular weight excluding hydrogens is 226 g/mol. The van der Waals surface area contributed by atoms with Crippen LogP contribution in [0.1, 0.15) is 31.4 Å². The van der Waals surface area contributed by atoms with Crippen LogP contribution in [0.4, 0.5) is 0 Å². The molecule has 3 heteroatoms. The highest BCUT2D eigenvalue weighted by atomic mass is 16.5. The largest absolute Gasteiger partial charge is 0.466 e. The monoisotopic (exact) mass is 247 g/mol. The second-order valence-corrected chi connectivity index (χ2v) is 3.94. The molecule has 0 unspecified atom stereocenters. The molecule has 1 N–H and O–H groups in total. The Bertz CT molecular complexity index is 399. The predicted molar refractivity (Wildman–Crippen MR) is 74.1 cm³/mol. The molecule has 0 aliphatic rings. The molecule has 0 radical (unpaired) electrons. The summed E-state index contributed by atoms with van der Waals surface area (Å²) in [7, 11) is 0. The first-order valence-corrected chi connectivity index (χ1v) is 6.38. The van der Waals surface area contributed by atoms with E-state index in [2.05, 4.69) is 24.4 Å². The minimum atomic E-state index is -0.183. The van der Waals surface area contributed by atoms with Crippen LogP contribution in [-0.4, -0.2) is 19.1 Å². The van der Waals surface area contributed by atoms with Gasteiger partial charge in [-0.3, -0.25) is 4.79 Å². The third kappa shape index (κ3) is 5.64. The van der Waals surface area contributed by atoms with Gasteiger partial charge < -0.3 is 10.1 Å². The summed E-state index contributed by atoms with van der Waals surface area (Å²) in [5.41, 5.74) is 2.35. The second-order valence-electron chi connectivity index (χ2n) is 3.94. The molecule has 18 heavy (non-hydrogen) atoms. The fraction of sp³-hybridized carbons (Fsp3) is 0.400. The van der Waals surface area contributed by atoms with Crippen LogP contribution in [-0.2, 0) is 16.1 Å². The highest BCUT2D eigenvalue weighted by molar-refractivity contribution is 5.72. The zero-order valence-electron chi connectivity index (χ0n) is 11.1. The van der Waals surface area contributed by atoms with Crippen molar-refractivity contribution in [1.82, 2.24) is 5.32 Å². The maximum absolute atomic E-state index is 11.2. The number of nitrogens with one attached hydrogen (secondary N) is 1. The van der Waals surface area contributed by atoms with Crippen LogP contribution in [0.25, 0.3) is 6.08 Å². The summed E-state index contributed by atoms with van der Waals surface area (Å²) in [6.45, 7) is 6.17. The van der Waals surface area contributed by atoms with Crippen molar-refractivity contribution in [2.24, 2.45) is 0 Å². The molecular formula is C15H21NO2. The first-order chi connectivity index (χ1) is 8.76. The van der Waals surface area contributed by atoms with Crippen molar-refractivity contribution < 1.29 is 9.53 Å². The number of carbonyl (C=O) groups is 1. The molecule has 0 fully saturated rings. The van der Waals surface area contributed by atoms with Gasteiger partial charge in [0.05, 0.1) is 13.0 Å². The summed E-state index contributed by atoms with van der Waals surface area (Å²) in [4.78, 5) is 11.2. The molecule has 0 aliphatic heterocycles. The fourth-order valence-corrected chi connectivity index (χ4v) is 1.59. The molecule has 1 aromatic carbocycles. The third-order valence-electron chi connectivity index (χ3n) is 2.43.